The van der Waals surface area contributed by atoms with Crippen LogP contribution in [0.2, 0.25) is 0 Å². The summed E-state index contributed by atoms with van der Waals surface area (Å²) < 4.78 is 38.1. The lowest BCUT2D eigenvalue weighted by atomic mass is 9.95. The average molecular weight is 407 g/mol. The van der Waals surface area contributed by atoms with Crippen LogP contribution >= 0.6 is 12.2 Å². The number of rotatable bonds is 4. The minimum Gasteiger partial charge on any atom is -0.381 e. The molecule has 2 aromatic rings. The fourth-order valence-corrected chi connectivity index (χ4v) is 4.58. The molecular formula is C20H23F2N3O2S. The van der Waals surface area contributed by atoms with Gasteiger partial charge in [0.25, 0.3) is 0 Å². The highest BCUT2D eigenvalue weighted by Gasteiger charge is 2.32. The fourth-order valence-electron chi connectivity index (χ4n) is 4.28. The summed E-state index contributed by atoms with van der Waals surface area (Å²) in [5.74, 6) is -1.46. The number of aromatic nitrogens is 2. The molecule has 1 atom stereocenters. The molecule has 1 unspecified atom stereocenters. The number of fused-ring (bicyclic) bond motifs is 1. The monoisotopic (exact) mass is 407 g/mol. The first-order valence-electron chi connectivity index (χ1n) is 9.54. The van der Waals surface area contributed by atoms with Gasteiger partial charge in [-0.1, -0.05) is 6.07 Å². The van der Waals surface area contributed by atoms with E-state index in [4.69, 9.17) is 17.0 Å². The Kier molecular flexibility index (Phi) is 5.33. The second-order valence-corrected chi connectivity index (χ2v) is 7.88. The van der Waals surface area contributed by atoms with E-state index in [2.05, 4.69) is 5.32 Å². The van der Waals surface area contributed by atoms with Crippen molar-refractivity contribution < 1.29 is 18.3 Å². The van der Waals surface area contributed by atoms with Crippen molar-refractivity contribution >= 4 is 18.1 Å². The van der Waals surface area contributed by atoms with Crippen LogP contribution in [-0.4, -0.2) is 34.3 Å². The first-order valence-corrected chi connectivity index (χ1v) is 9.94. The molecule has 0 aliphatic carbocycles. The zero-order valence-electron chi connectivity index (χ0n) is 15.7. The predicted octanol–water partition coefficient (Wildman–Crippen LogP) is 3.01. The summed E-state index contributed by atoms with van der Waals surface area (Å²) in [5.41, 5.74) is 1.80. The molecule has 0 bridgehead atoms. The van der Waals surface area contributed by atoms with Gasteiger partial charge in [0.2, 0.25) is 5.91 Å². The number of hydrogen-bond acceptors (Lipinski definition) is 3. The molecule has 5 nitrogen and oxygen atoms in total. The summed E-state index contributed by atoms with van der Waals surface area (Å²) in [6.45, 7) is 1.74. The van der Waals surface area contributed by atoms with E-state index in [-0.39, 0.29) is 29.9 Å². The van der Waals surface area contributed by atoms with Gasteiger partial charge in [0.1, 0.15) is 11.6 Å². The van der Waals surface area contributed by atoms with Crippen molar-refractivity contribution in [3.05, 3.63) is 51.6 Å². The van der Waals surface area contributed by atoms with Gasteiger partial charge in [-0.3, -0.25) is 4.79 Å². The third kappa shape index (κ3) is 3.51. The quantitative estimate of drug-likeness (QED) is 0.793. The maximum atomic E-state index is 14.2. The van der Waals surface area contributed by atoms with E-state index in [9.17, 15) is 13.6 Å². The van der Waals surface area contributed by atoms with E-state index in [1.165, 1.54) is 18.2 Å². The van der Waals surface area contributed by atoms with Crippen molar-refractivity contribution in [2.75, 3.05) is 13.2 Å². The molecule has 2 aliphatic heterocycles. The lowest BCUT2D eigenvalue weighted by Gasteiger charge is -2.23. The van der Waals surface area contributed by atoms with Crippen molar-refractivity contribution in [3.63, 3.8) is 0 Å². The first kappa shape index (κ1) is 19.3. The number of carbonyl (C=O) groups excluding carboxylic acids is 1. The maximum absolute atomic E-state index is 14.2. The van der Waals surface area contributed by atoms with Crippen LogP contribution in [0.4, 0.5) is 8.78 Å². The van der Waals surface area contributed by atoms with Crippen LogP contribution in [0.15, 0.2) is 18.2 Å². The molecule has 3 heterocycles. The number of hydrogen-bond donors (Lipinski definition) is 1. The van der Waals surface area contributed by atoms with Crippen molar-refractivity contribution in [2.24, 2.45) is 7.05 Å². The van der Waals surface area contributed by atoms with Crippen LogP contribution in [0, 0.1) is 16.4 Å². The summed E-state index contributed by atoms with van der Waals surface area (Å²) in [6.07, 6.45) is 2.29. The lowest BCUT2D eigenvalue weighted by Crippen LogP contribution is -2.40. The van der Waals surface area contributed by atoms with Crippen molar-refractivity contribution in [2.45, 2.75) is 44.2 Å². The molecule has 1 saturated heterocycles. The molecule has 150 valence electrons. The highest BCUT2D eigenvalue weighted by atomic mass is 32.1. The molecule has 1 aromatic heterocycles. The number of benzene rings is 1. The molecule has 0 spiro atoms. The Labute approximate surface area is 167 Å². The van der Waals surface area contributed by atoms with E-state index in [1.54, 1.807) is 0 Å². The molecule has 0 radical (unpaired) electrons. The Bertz CT molecular complexity index is 943. The summed E-state index contributed by atoms with van der Waals surface area (Å²) in [6, 6.07) is 4.06. The van der Waals surface area contributed by atoms with Gasteiger partial charge in [0, 0.05) is 55.7 Å². The van der Waals surface area contributed by atoms with Crippen LogP contribution in [0.1, 0.15) is 35.7 Å². The van der Waals surface area contributed by atoms with Crippen molar-refractivity contribution in [3.8, 4) is 0 Å². The zero-order valence-corrected chi connectivity index (χ0v) is 16.5. The number of carbonyl (C=O) groups is 1. The second kappa shape index (κ2) is 7.75. The first-order chi connectivity index (χ1) is 13.5. The van der Waals surface area contributed by atoms with E-state index in [0.717, 1.165) is 24.2 Å². The van der Waals surface area contributed by atoms with Crippen LogP contribution in [0.5, 0.6) is 0 Å². The molecule has 1 fully saturated rings. The van der Waals surface area contributed by atoms with Gasteiger partial charge >= 0.3 is 0 Å². The number of nitrogens with zero attached hydrogens (tertiary/aromatic N) is 2. The minimum absolute atomic E-state index is 0.0635. The van der Waals surface area contributed by atoms with E-state index < -0.39 is 11.6 Å². The van der Waals surface area contributed by atoms with Gasteiger partial charge in [0.15, 0.2) is 4.77 Å². The number of nitrogens with one attached hydrogen (secondary N) is 1. The standard InChI is InChI=1S/C20H23F2N3O2S/c1-24-16(10-18(26)23-13-5-7-27-8-6-13)17-9-12(11-25(17)20(24)28)19-14(21)3-2-4-15(19)22/h2-4,12-13H,5-11H2,1H3,(H,23,26). The summed E-state index contributed by atoms with van der Waals surface area (Å²) in [4.78, 5) is 12.6. The topological polar surface area (TPSA) is 48.2 Å². The van der Waals surface area contributed by atoms with Gasteiger partial charge in [-0.25, -0.2) is 8.78 Å². The molecule has 2 aliphatic rings. The predicted molar refractivity (Wildman–Crippen MR) is 103 cm³/mol. The molecular weight excluding hydrogens is 384 g/mol. The van der Waals surface area contributed by atoms with Crippen molar-refractivity contribution in [1.82, 2.24) is 14.5 Å². The van der Waals surface area contributed by atoms with Crippen LogP contribution < -0.4 is 5.32 Å². The van der Waals surface area contributed by atoms with Crippen molar-refractivity contribution in [1.29, 1.82) is 0 Å². The Morgan fingerprint density at radius 2 is 1.96 bits per heavy atom. The molecule has 0 saturated carbocycles. The third-order valence-electron chi connectivity index (χ3n) is 5.75. The fraction of sp³-hybridized carbons (Fsp3) is 0.500. The average Bonchev–Trinajstić information content (AvgIpc) is 3.18. The zero-order chi connectivity index (χ0) is 19.8. The molecule has 8 heteroatoms. The largest absolute Gasteiger partial charge is 0.381 e. The lowest BCUT2D eigenvalue weighted by molar-refractivity contribution is -0.121. The van der Waals surface area contributed by atoms with Gasteiger partial charge < -0.3 is 19.2 Å². The van der Waals surface area contributed by atoms with Crippen LogP contribution in [0.25, 0.3) is 0 Å². The minimum atomic E-state index is -0.537. The van der Waals surface area contributed by atoms with E-state index in [0.29, 0.717) is 31.0 Å². The van der Waals surface area contributed by atoms with Gasteiger partial charge in [-0.05, 0) is 43.6 Å². The number of halogens is 2. The highest BCUT2D eigenvalue weighted by Crippen LogP contribution is 2.35. The molecule has 1 aromatic carbocycles. The van der Waals surface area contributed by atoms with E-state index in [1.807, 2.05) is 16.2 Å². The molecule has 1 amide bonds. The van der Waals surface area contributed by atoms with Gasteiger partial charge in [-0.2, -0.15) is 0 Å². The van der Waals surface area contributed by atoms with Crippen LogP contribution in [-0.2, 0) is 36.0 Å². The molecule has 28 heavy (non-hydrogen) atoms. The Hall–Kier alpha value is -2.06. The number of ether oxygens (including phenoxy) is 1. The SMILES string of the molecule is Cn1c(CC(=O)NC2CCOCC2)c2n(c1=S)CC(c1c(F)cccc1F)C2. The molecule has 1 N–H and O–H groups in total. The Morgan fingerprint density at radius 3 is 2.64 bits per heavy atom. The summed E-state index contributed by atoms with van der Waals surface area (Å²) in [5, 5.41) is 3.06. The molecule has 4 rings (SSSR count). The normalized spacial score (nSPS) is 19.6. The highest BCUT2D eigenvalue weighted by molar-refractivity contribution is 7.71. The number of imidazole rings is 1. The third-order valence-corrected chi connectivity index (χ3v) is 6.24. The summed E-state index contributed by atoms with van der Waals surface area (Å²) in [7, 11) is 1.84. The van der Waals surface area contributed by atoms with E-state index >= 15 is 0 Å². The second-order valence-electron chi connectivity index (χ2n) is 7.51. The Balaban J connectivity index is 1.55. The smallest absolute Gasteiger partial charge is 0.226 e. The maximum Gasteiger partial charge on any atom is 0.226 e. The van der Waals surface area contributed by atoms with Gasteiger partial charge in [-0.15, -0.1) is 0 Å². The Morgan fingerprint density at radius 1 is 1.29 bits per heavy atom. The number of amides is 1. The van der Waals surface area contributed by atoms with Gasteiger partial charge in [0.05, 0.1) is 6.42 Å². The summed E-state index contributed by atoms with van der Waals surface area (Å²) >= 11 is 5.51. The van der Waals surface area contributed by atoms with Crippen LogP contribution in [0.3, 0.4) is 0 Å².